The highest BCUT2D eigenvalue weighted by Gasteiger charge is 2.70. The van der Waals surface area contributed by atoms with Gasteiger partial charge in [-0.2, -0.15) is 0 Å². The molecule has 2 N–H and O–H groups in total. The molecule has 3 aliphatic rings. The first kappa shape index (κ1) is 15.3. The molecule has 1 saturated heterocycles. The van der Waals surface area contributed by atoms with Gasteiger partial charge in [-0.3, -0.25) is 9.69 Å². The van der Waals surface area contributed by atoms with Gasteiger partial charge in [0.2, 0.25) is 0 Å². The fourth-order valence-electron chi connectivity index (χ4n) is 4.34. The lowest BCUT2D eigenvalue weighted by Crippen LogP contribution is -2.62. The molecule has 7 nitrogen and oxygen atoms in total. The van der Waals surface area contributed by atoms with Crippen LogP contribution in [0.4, 0.5) is 4.79 Å². The van der Waals surface area contributed by atoms with E-state index in [0.717, 1.165) is 17.7 Å². The van der Waals surface area contributed by atoms with Gasteiger partial charge in [-0.25, -0.2) is 4.79 Å². The minimum Gasteiger partial charge on any atom is -0.508 e. The highest BCUT2D eigenvalue weighted by atomic mass is 16.5. The Balaban J connectivity index is 1.87. The SMILES string of the molecule is COC1CCC2(CC1)Oc1ccc(O)cc1[C@]21NC(=O)N(C)C1=O. The first-order valence-electron chi connectivity index (χ1n) is 8.09. The van der Waals surface area contributed by atoms with Crippen molar-refractivity contribution in [3.05, 3.63) is 23.8 Å². The maximum absolute atomic E-state index is 13.1. The monoisotopic (exact) mass is 332 g/mol. The van der Waals surface area contributed by atoms with Gasteiger partial charge in [0, 0.05) is 19.7 Å². The van der Waals surface area contributed by atoms with E-state index in [1.54, 1.807) is 13.2 Å². The average Bonchev–Trinajstić information content (AvgIpc) is 2.97. The number of imide groups is 1. The van der Waals surface area contributed by atoms with Crippen molar-refractivity contribution < 1.29 is 24.2 Å². The van der Waals surface area contributed by atoms with Crippen molar-refractivity contribution in [2.75, 3.05) is 14.2 Å². The number of benzene rings is 1. The predicted molar refractivity (Wildman–Crippen MR) is 83.7 cm³/mol. The van der Waals surface area contributed by atoms with Gasteiger partial charge in [-0.05, 0) is 43.9 Å². The van der Waals surface area contributed by atoms with E-state index in [9.17, 15) is 14.7 Å². The fraction of sp³-hybridized carbons (Fsp3) is 0.529. The summed E-state index contributed by atoms with van der Waals surface area (Å²) in [6.07, 6.45) is 2.77. The standard InChI is InChI=1S/C17H20N2O5/c1-19-14(21)17(18-15(19)22)12-9-10(20)3-4-13(12)24-16(17)7-5-11(23-2)6-8-16/h3-4,9,11,20H,5-8H2,1-2H3,(H,18,22)/t11?,16?,17-/m1/s1. The quantitative estimate of drug-likeness (QED) is 0.761. The maximum Gasteiger partial charge on any atom is 0.325 e. The summed E-state index contributed by atoms with van der Waals surface area (Å²) in [6.45, 7) is 0. The van der Waals surface area contributed by atoms with Crippen LogP contribution in [0.5, 0.6) is 11.5 Å². The number of urea groups is 1. The summed E-state index contributed by atoms with van der Waals surface area (Å²) in [7, 11) is 3.14. The highest BCUT2D eigenvalue weighted by Crippen LogP contribution is 2.56. The van der Waals surface area contributed by atoms with Crippen LogP contribution in [0.2, 0.25) is 0 Å². The van der Waals surface area contributed by atoms with Crippen molar-refractivity contribution in [3.63, 3.8) is 0 Å². The molecule has 128 valence electrons. The zero-order valence-electron chi connectivity index (χ0n) is 13.7. The van der Waals surface area contributed by atoms with E-state index in [-0.39, 0.29) is 17.8 Å². The fourth-order valence-corrected chi connectivity index (χ4v) is 4.34. The van der Waals surface area contributed by atoms with E-state index >= 15 is 0 Å². The lowest BCUT2D eigenvalue weighted by atomic mass is 9.68. The largest absolute Gasteiger partial charge is 0.508 e. The molecular weight excluding hydrogens is 312 g/mol. The van der Waals surface area contributed by atoms with Crippen LogP contribution < -0.4 is 10.1 Å². The van der Waals surface area contributed by atoms with Crippen molar-refractivity contribution in [3.8, 4) is 11.5 Å². The van der Waals surface area contributed by atoms with Crippen LogP contribution in [-0.4, -0.2) is 47.8 Å². The highest BCUT2D eigenvalue weighted by molar-refractivity contribution is 6.09. The number of hydrogen-bond acceptors (Lipinski definition) is 5. The third-order valence-electron chi connectivity index (χ3n) is 5.65. The van der Waals surface area contributed by atoms with E-state index in [1.807, 2.05) is 0 Å². The normalized spacial score (nSPS) is 34.6. The molecule has 2 fully saturated rings. The van der Waals surface area contributed by atoms with Gasteiger partial charge in [0.15, 0.2) is 5.54 Å². The van der Waals surface area contributed by atoms with Crippen molar-refractivity contribution in [2.45, 2.75) is 42.9 Å². The van der Waals surface area contributed by atoms with Crippen LogP contribution in [0.25, 0.3) is 0 Å². The second-order valence-corrected chi connectivity index (χ2v) is 6.76. The zero-order valence-corrected chi connectivity index (χ0v) is 13.7. The number of aromatic hydroxyl groups is 1. The van der Waals surface area contributed by atoms with Crippen LogP contribution in [0, 0.1) is 0 Å². The molecule has 0 unspecified atom stereocenters. The number of carbonyl (C=O) groups excluding carboxylic acids is 2. The summed E-state index contributed by atoms with van der Waals surface area (Å²) in [5, 5.41) is 12.8. The van der Waals surface area contributed by atoms with Gasteiger partial charge >= 0.3 is 6.03 Å². The Morgan fingerprint density at radius 1 is 1.33 bits per heavy atom. The lowest BCUT2D eigenvalue weighted by Gasteiger charge is -2.44. The van der Waals surface area contributed by atoms with Crippen LogP contribution in [0.15, 0.2) is 18.2 Å². The first-order chi connectivity index (χ1) is 11.4. The molecule has 2 heterocycles. The Morgan fingerprint density at radius 3 is 2.62 bits per heavy atom. The number of methoxy groups -OCH3 is 1. The third-order valence-corrected chi connectivity index (χ3v) is 5.65. The van der Waals surface area contributed by atoms with Crippen LogP contribution in [0.3, 0.4) is 0 Å². The second kappa shape index (κ2) is 4.86. The molecule has 4 rings (SSSR count). The number of nitrogens with zero attached hydrogens (tertiary/aromatic N) is 1. The summed E-state index contributed by atoms with van der Waals surface area (Å²) in [5.41, 5.74) is -1.61. The van der Waals surface area contributed by atoms with E-state index in [4.69, 9.17) is 9.47 Å². The summed E-state index contributed by atoms with van der Waals surface area (Å²) >= 11 is 0. The van der Waals surface area contributed by atoms with Crippen molar-refractivity contribution in [1.29, 1.82) is 0 Å². The summed E-state index contributed by atoms with van der Waals surface area (Å²) in [4.78, 5) is 26.4. The maximum atomic E-state index is 13.1. The number of hydrogen-bond donors (Lipinski definition) is 2. The Labute approximate surface area is 139 Å². The number of likely N-dealkylation sites (N-methyl/N-ethyl adjacent to an activating group) is 1. The van der Waals surface area contributed by atoms with Gasteiger partial charge in [-0.15, -0.1) is 0 Å². The number of carbonyl (C=O) groups is 2. The smallest absolute Gasteiger partial charge is 0.325 e. The van der Waals surface area contributed by atoms with Crippen molar-refractivity contribution in [2.24, 2.45) is 0 Å². The van der Waals surface area contributed by atoms with E-state index in [1.165, 1.54) is 19.2 Å². The lowest BCUT2D eigenvalue weighted by molar-refractivity contribution is -0.141. The number of fused-ring (bicyclic) bond motifs is 3. The molecule has 2 aliphatic heterocycles. The number of rotatable bonds is 1. The number of amides is 3. The Hall–Kier alpha value is -2.28. The Kier molecular flexibility index (Phi) is 3.09. The number of phenols is 1. The molecule has 2 spiro atoms. The Morgan fingerprint density at radius 2 is 2.04 bits per heavy atom. The second-order valence-electron chi connectivity index (χ2n) is 6.76. The Bertz CT molecular complexity index is 726. The minimum atomic E-state index is -1.29. The molecule has 1 aromatic carbocycles. The van der Waals surface area contributed by atoms with Crippen molar-refractivity contribution >= 4 is 11.9 Å². The summed E-state index contributed by atoms with van der Waals surface area (Å²) in [6, 6.07) is 4.25. The molecule has 1 saturated carbocycles. The minimum absolute atomic E-state index is 0.0379. The molecule has 0 radical (unpaired) electrons. The summed E-state index contributed by atoms with van der Waals surface area (Å²) in [5.74, 6) is 0.233. The van der Waals surface area contributed by atoms with Gasteiger partial charge < -0.3 is 19.9 Å². The van der Waals surface area contributed by atoms with Crippen LogP contribution in [-0.2, 0) is 15.1 Å². The molecule has 0 aromatic heterocycles. The first-order valence-corrected chi connectivity index (χ1v) is 8.09. The number of phenolic OH excluding ortho intramolecular Hbond substituents is 1. The van der Waals surface area contributed by atoms with Crippen LogP contribution in [0.1, 0.15) is 31.2 Å². The summed E-state index contributed by atoms with van der Waals surface area (Å²) < 4.78 is 11.7. The topological polar surface area (TPSA) is 88.1 Å². The van der Waals surface area contributed by atoms with Gasteiger partial charge in [0.1, 0.15) is 17.1 Å². The molecule has 1 aromatic rings. The predicted octanol–water partition coefficient (Wildman–Crippen LogP) is 1.49. The van der Waals surface area contributed by atoms with Gasteiger partial charge in [0.05, 0.1) is 6.10 Å². The van der Waals surface area contributed by atoms with Crippen LogP contribution >= 0.6 is 0 Å². The van der Waals surface area contributed by atoms with Crippen molar-refractivity contribution in [1.82, 2.24) is 10.2 Å². The van der Waals surface area contributed by atoms with Gasteiger partial charge in [0.25, 0.3) is 5.91 Å². The van der Waals surface area contributed by atoms with E-state index in [2.05, 4.69) is 5.32 Å². The average molecular weight is 332 g/mol. The van der Waals surface area contributed by atoms with Gasteiger partial charge in [-0.1, -0.05) is 0 Å². The molecule has 24 heavy (non-hydrogen) atoms. The molecule has 1 atom stereocenters. The zero-order chi connectivity index (χ0) is 17.1. The van der Waals surface area contributed by atoms with E-state index < -0.39 is 17.2 Å². The molecule has 7 heteroatoms. The number of nitrogens with one attached hydrogen (secondary N) is 1. The molecular formula is C17H20N2O5. The third kappa shape index (κ3) is 1.70. The molecule has 1 aliphatic carbocycles. The molecule has 3 amide bonds. The van der Waals surface area contributed by atoms with E-state index in [0.29, 0.717) is 24.2 Å². The number of ether oxygens (including phenoxy) is 2. The molecule has 0 bridgehead atoms.